The van der Waals surface area contributed by atoms with E-state index in [1.54, 1.807) is 0 Å². The van der Waals surface area contributed by atoms with Gasteiger partial charge >= 0.3 is 0 Å². The highest BCUT2D eigenvalue weighted by atomic mass is 16.5. The molecule has 0 atom stereocenters. The van der Waals surface area contributed by atoms with E-state index in [0.29, 0.717) is 44.9 Å². The van der Waals surface area contributed by atoms with Crippen molar-refractivity contribution in [1.82, 2.24) is 0 Å². The van der Waals surface area contributed by atoms with Crippen LogP contribution in [0.3, 0.4) is 0 Å². The van der Waals surface area contributed by atoms with Crippen LogP contribution in [-0.4, -0.2) is 64.4 Å². The molecule has 30 heavy (non-hydrogen) atoms. The molecule has 0 heterocycles. The van der Waals surface area contributed by atoms with Crippen LogP contribution in [0.1, 0.15) is 80.1 Å². The van der Waals surface area contributed by atoms with Gasteiger partial charge in [0.2, 0.25) is 0 Å². The van der Waals surface area contributed by atoms with E-state index in [1.165, 1.54) is 12.8 Å². The standard InChI is InChI=1S/C24H46O6/c1-23(2,3)12-8-10-14-28-16-18-29-17-15-27-13-9-7-11-21(25)19-30-20-22(26)24(4,5)6/h7-20H2,1-6H3. The van der Waals surface area contributed by atoms with E-state index < -0.39 is 5.41 Å². The minimum atomic E-state index is -0.428. The van der Waals surface area contributed by atoms with Crippen LogP contribution in [0.25, 0.3) is 0 Å². The van der Waals surface area contributed by atoms with Crippen molar-refractivity contribution < 1.29 is 28.5 Å². The second-order valence-corrected chi connectivity index (χ2v) is 10.0. The summed E-state index contributed by atoms with van der Waals surface area (Å²) in [6.45, 7) is 16.1. The highest BCUT2D eigenvalue weighted by molar-refractivity contribution is 5.85. The second-order valence-electron chi connectivity index (χ2n) is 10.0. The quantitative estimate of drug-likeness (QED) is 0.278. The largest absolute Gasteiger partial charge is 0.379 e. The summed E-state index contributed by atoms with van der Waals surface area (Å²) in [5.74, 6) is 0.0343. The van der Waals surface area contributed by atoms with Gasteiger partial charge in [0.05, 0.1) is 26.4 Å². The summed E-state index contributed by atoms with van der Waals surface area (Å²) in [5, 5.41) is 0. The van der Waals surface area contributed by atoms with E-state index in [0.717, 1.165) is 25.9 Å². The van der Waals surface area contributed by atoms with Gasteiger partial charge in [0, 0.05) is 25.0 Å². The molecular weight excluding hydrogens is 384 g/mol. The number of carbonyl (C=O) groups excluding carboxylic acids is 2. The van der Waals surface area contributed by atoms with Gasteiger partial charge in [-0.25, -0.2) is 0 Å². The Morgan fingerprint density at radius 3 is 1.60 bits per heavy atom. The molecule has 0 spiro atoms. The van der Waals surface area contributed by atoms with Crippen molar-refractivity contribution >= 4 is 11.6 Å². The Morgan fingerprint density at radius 1 is 0.600 bits per heavy atom. The van der Waals surface area contributed by atoms with Crippen LogP contribution in [0.15, 0.2) is 0 Å². The van der Waals surface area contributed by atoms with E-state index in [4.69, 9.17) is 18.9 Å². The SMILES string of the molecule is CC(C)(C)CCCCOCCOCCOCCCCC(=O)COCC(=O)C(C)(C)C. The lowest BCUT2D eigenvalue weighted by Gasteiger charge is -2.17. The molecule has 0 aliphatic carbocycles. The zero-order valence-electron chi connectivity index (χ0n) is 20.3. The minimum absolute atomic E-state index is 0.000588. The lowest BCUT2D eigenvalue weighted by atomic mass is 9.90. The topological polar surface area (TPSA) is 71.1 Å². The van der Waals surface area contributed by atoms with Gasteiger partial charge in [-0.05, 0) is 31.1 Å². The number of hydrogen-bond acceptors (Lipinski definition) is 6. The predicted molar refractivity (Wildman–Crippen MR) is 120 cm³/mol. The molecule has 6 heteroatoms. The molecule has 0 aliphatic heterocycles. The van der Waals surface area contributed by atoms with Crippen molar-refractivity contribution in [2.45, 2.75) is 80.1 Å². The first kappa shape index (κ1) is 29.2. The molecule has 6 nitrogen and oxygen atoms in total. The molecule has 0 bridgehead atoms. The van der Waals surface area contributed by atoms with Crippen LogP contribution < -0.4 is 0 Å². The summed E-state index contributed by atoms with van der Waals surface area (Å²) in [5.41, 5.74) is -0.0242. The number of unbranched alkanes of at least 4 members (excludes halogenated alkanes) is 2. The van der Waals surface area contributed by atoms with Gasteiger partial charge in [0.15, 0.2) is 11.6 Å². The number of ether oxygens (including phenoxy) is 4. The Labute approximate surface area is 184 Å². The zero-order chi connectivity index (χ0) is 22.9. The molecule has 0 N–H and O–H groups in total. The van der Waals surface area contributed by atoms with Crippen molar-refractivity contribution in [1.29, 1.82) is 0 Å². The van der Waals surface area contributed by atoms with E-state index >= 15 is 0 Å². The fourth-order valence-electron chi connectivity index (χ4n) is 2.47. The molecule has 0 aromatic rings. The lowest BCUT2D eigenvalue weighted by molar-refractivity contribution is -0.133. The molecule has 0 fully saturated rings. The highest BCUT2D eigenvalue weighted by Crippen LogP contribution is 2.21. The molecule has 0 amide bonds. The average Bonchev–Trinajstić information content (AvgIpc) is 2.63. The van der Waals surface area contributed by atoms with Gasteiger partial charge in [-0.2, -0.15) is 0 Å². The molecule has 0 unspecified atom stereocenters. The number of hydrogen-bond donors (Lipinski definition) is 0. The third-order valence-corrected chi connectivity index (χ3v) is 4.54. The maximum absolute atomic E-state index is 11.7. The summed E-state index contributed by atoms with van der Waals surface area (Å²) < 4.78 is 21.8. The highest BCUT2D eigenvalue weighted by Gasteiger charge is 2.21. The fourth-order valence-corrected chi connectivity index (χ4v) is 2.47. The predicted octanol–water partition coefficient (Wildman–Crippen LogP) is 4.62. The zero-order valence-corrected chi connectivity index (χ0v) is 20.3. The number of Topliss-reactive ketones (excluding diaryl/α,β-unsaturated/α-hetero) is 2. The van der Waals surface area contributed by atoms with E-state index in [2.05, 4.69) is 20.8 Å². The van der Waals surface area contributed by atoms with Crippen molar-refractivity contribution in [3.8, 4) is 0 Å². The molecule has 0 radical (unpaired) electrons. The normalized spacial score (nSPS) is 12.3. The first-order valence-corrected chi connectivity index (χ1v) is 11.4. The maximum Gasteiger partial charge on any atom is 0.163 e. The molecule has 0 rings (SSSR count). The number of carbonyl (C=O) groups is 2. The first-order chi connectivity index (χ1) is 14.0. The van der Waals surface area contributed by atoms with Crippen LogP contribution in [0.5, 0.6) is 0 Å². The van der Waals surface area contributed by atoms with Gasteiger partial charge in [0.1, 0.15) is 13.2 Å². The Bertz CT molecular complexity index is 448. The summed E-state index contributed by atoms with van der Waals surface area (Å²) in [6.07, 6.45) is 5.57. The summed E-state index contributed by atoms with van der Waals surface area (Å²) in [4.78, 5) is 23.4. The number of rotatable bonds is 19. The van der Waals surface area contributed by atoms with Gasteiger partial charge in [-0.1, -0.05) is 48.0 Å². The third kappa shape index (κ3) is 20.5. The Hall–Kier alpha value is -0.820. The molecule has 0 aromatic carbocycles. The number of ketones is 2. The van der Waals surface area contributed by atoms with Crippen molar-refractivity contribution in [3.63, 3.8) is 0 Å². The van der Waals surface area contributed by atoms with Gasteiger partial charge in [-0.15, -0.1) is 0 Å². The molecular formula is C24H46O6. The Kier molecular flexibility index (Phi) is 16.4. The van der Waals surface area contributed by atoms with Gasteiger partial charge in [-0.3, -0.25) is 9.59 Å². The fraction of sp³-hybridized carbons (Fsp3) is 0.917. The van der Waals surface area contributed by atoms with Crippen molar-refractivity contribution in [3.05, 3.63) is 0 Å². The van der Waals surface area contributed by atoms with Crippen molar-refractivity contribution in [2.75, 3.05) is 52.9 Å². The molecule has 0 saturated carbocycles. The second kappa shape index (κ2) is 16.8. The van der Waals surface area contributed by atoms with E-state index in [1.807, 2.05) is 20.8 Å². The lowest BCUT2D eigenvalue weighted by Crippen LogP contribution is -2.26. The summed E-state index contributed by atoms with van der Waals surface area (Å²) in [6, 6.07) is 0. The van der Waals surface area contributed by atoms with Crippen LogP contribution in [-0.2, 0) is 28.5 Å². The average molecular weight is 431 g/mol. The van der Waals surface area contributed by atoms with Crippen LogP contribution in [0, 0.1) is 10.8 Å². The van der Waals surface area contributed by atoms with Crippen LogP contribution in [0.2, 0.25) is 0 Å². The smallest absolute Gasteiger partial charge is 0.163 e. The monoisotopic (exact) mass is 430 g/mol. The maximum atomic E-state index is 11.7. The molecule has 178 valence electrons. The van der Waals surface area contributed by atoms with E-state index in [9.17, 15) is 9.59 Å². The van der Waals surface area contributed by atoms with Gasteiger partial charge < -0.3 is 18.9 Å². The van der Waals surface area contributed by atoms with Crippen LogP contribution >= 0.6 is 0 Å². The summed E-state index contributed by atoms with van der Waals surface area (Å²) in [7, 11) is 0. The van der Waals surface area contributed by atoms with E-state index in [-0.39, 0.29) is 24.8 Å². The summed E-state index contributed by atoms with van der Waals surface area (Å²) >= 11 is 0. The third-order valence-electron chi connectivity index (χ3n) is 4.54. The Balaban J connectivity index is 3.29. The van der Waals surface area contributed by atoms with Crippen LogP contribution in [0.4, 0.5) is 0 Å². The van der Waals surface area contributed by atoms with Crippen molar-refractivity contribution in [2.24, 2.45) is 10.8 Å². The first-order valence-electron chi connectivity index (χ1n) is 11.4. The molecule has 0 saturated heterocycles. The minimum Gasteiger partial charge on any atom is -0.379 e. The molecule has 0 aliphatic rings. The molecule has 0 aromatic heterocycles. The van der Waals surface area contributed by atoms with Gasteiger partial charge in [0.25, 0.3) is 0 Å². The Morgan fingerprint density at radius 2 is 1.10 bits per heavy atom.